The number of rotatable bonds is 5. The molecule has 3 rings (SSSR count). The normalized spacial score (nSPS) is 22.3. The van der Waals surface area contributed by atoms with Crippen LogP contribution in [-0.2, 0) is 10.0 Å². The molecule has 0 bridgehead atoms. The molecule has 8 heteroatoms. The van der Waals surface area contributed by atoms with Gasteiger partial charge in [-0.05, 0) is 44.4 Å². The summed E-state index contributed by atoms with van der Waals surface area (Å²) in [6.07, 6.45) is 2.89. The molecule has 2 unspecified atom stereocenters. The van der Waals surface area contributed by atoms with Crippen LogP contribution in [0.15, 0.2) is 21.7 Å². The molecule has 1 saturated carbocycles. The summed E-state index contributed by atoms with van der Waals surface area (Å²) >= 11 is 2.82. The Morgan fingerprint density at radius 2 is 2.23 bits per heavy atom. The lowest BCUT2D eigenvalue weighted by atomic mass is 10.1. The van der Waals surface area contributed by atoms with Crippen molar-refractivity contribution >= 4 is 32.7 Å². The SMILES string of the molecule is Cc1nc(-c2ccc(S(=O)(=O)NC3CCCC3CN)s2)cs1. The van der Waals surface area contributed by atoms with Gasteiger partial charge in [0.2, 0.25) is 10.0 Å². The van der Waals surface area contributed by atoms with E-state index in [1.165, 1.54) is 11.3 Å². The number of nitrogens with zero attached hydrogens (tertiary/aromatic N) is 1. The Morgan fingerprint density at radius 3 is 2.91 bits per heavy atom. The molecule has 0 saturated heterocycles. The summed E-state index contributed by atoms with van der Waals surface area (Å²) in [4.78, 5) is 5.28. The molecule has 0 aliphatic heterocycles. The third kappa shape index (κ3) is 3.26. The van der Waals surface area contributed by atoms with Crippen LogP contribution in [0, 0.1) is 12.8 Å². The molecule has 2 heterocycles. The van der Waals surface area contributed by atoms with E-state index in [-0.39, 0.29) is 12.0 Å². The van der Waals surface area contributed by atoms with Crippen molar-refractivity contribution in [1.29, 1.82) is 0 Å². The molecular weight excluding hydrogens is 338 g/mol. The molecule has 2 atom stereocenters. The zero-order valence-corrected chi connectivity index (χ0v) is 14.7. The van der Waals surface area contributed by atoms with E-state index in [0.717, 1.165) is 34.8 Å². The van der Waals surface area contributed by atoms with E-state index in [9.17, 15) is 8.42 Å². The van der Waals surface area contributed by atoms with E-state index >= 15 is 0 Å². The third-order valence-electron chi connectivity index (χ3n) is 3.99. The van der Waals surface area contributed by atoms with Crippen molar-refractivity contribution in [2.24, 2.45) is 11.7 Å². The molecule has 0 aromatic carbocycles. The summed E-state index contributed by atoms with van der Waals surface area (Å²) in [5.41, 5.74) is 6.57. The first-order valence-electron chi connectivity index (χ1n) is 7.24. The second-order valence-electron chi connectivity index (χ2n) is 5.52. The van der Waals surface area contributed by atoms with Crippen molar-refractivity contribution in [2.45, 2.75) is 36.4 Å². The molecule has 1 aliphatic rings. The van der Waals surface area contributed by atoms with E-state index in [1.54, 1.807) is 17.4 Å². The molecule has 0 amide bonds. The van der Waals surface area contributed by atoms with Crippen LogP contribution in [0.3, 0.4) is 0 Å². The molecule has 120 valence electrons. The maximum atomic E-state index is 12.5. The topological polar surface area (TPSA) is 85.1 Å². The monoisotopic (exact) mass is 357 g/mol. The number of thiazole rings is 1. The Labute approximate surface area is 138 Å². The van der Waals surface area contributed by atoms with Gasteiger partial charge in [-0.3, -0.25) is 0 Å². The second kappa shape index (κ2) is 6.37. The molecule has 3 N–H and O–H groups in total. The lowest BCUT2D eigenvalue weighted by molar-refractivity contribution is 0.453. The van der Waals surface area contributed by atoms with Crippen LogP contribution in [0.5, 0.6) is 0 Å². The molecule has 22 heavy (non-hydrogen) atoms. The van der Waals surface area contributed by atoms with Crippen LogP contribution in [0.4, 0.5) is 0 Å². The Morgan fingerprint density at radius 1 is 1.41 bits per heavy atom. The minimum atomic E-state index is -3.48. The van der Waals surface area contributed by atoms with Crippen molar-refractivity contribution in [2.75, 3.05) is 6.54 Å². The van der Waals surface area contributed by atoms with Gasteiger partial charge in [-0.1, -0.05) is 6.42 Å². The van der Waals surface area contributed by atoms with Crippen LogP contribution in [0.1, 0.15) is 24.3 Å². The van der Waals surface area contributed by atoms with Gasteiger partial charge in [0.1, 0.15) is 4.21 Å². The first-order valence-corrected chi connectivity index (χ1v) is 10.4. The number of nitrogens with one attached hydrogen (secondary N) is 1. The van der Waals surface area contributed by atoms with Crippen molar-refractivity contribution in [3.63, 3.8) is 0 Å². The number of hydrogen-bond donors (Lipinski definition) is 2. The standard InChI is InChI=1S/C14H19N3O2S3/c1-9-16-12(8-20-9)13-5-6-14(21-13)22(18,19)17-11-4-2-3-10(11)7-15/h5-6,8,10-11,17H,2-4,7,15H2,1H3. The van der Waals surface area contributed by atoms with Gasteiger partial charge in [0.15, 0.2) is 0 Å². The van der Waals surface area contributed by atoms with E-state index in [0.29, 0.717) is 10.8 Å². The lowest BCUT2D eigenvalue weighted by Crippen LogP contribution is -2.39. The van der Waals surface area contributed by atoms with Crippen molar-refractivity contribution in [1.82, 2.24) is 9.71 Å². The predicted molar refractivity (Wildman–Crippen MR) is 90.7 cm³/mol. The van der Waals surface area contributed by atoms with Crippen LogP contribution in [0.2, 0.25) is 0 Å². The van der Waals surface area contributed by atoms with Crippen molar-refractivity contribution < 1.29 is 8.42 Å². The van der Waals surface area contributed by atoms with Gasteiger partial charge in [-0.25, -0.2) is 18.1 Å². The minimum Gasteiger partial charge on any atom is -0.330 e. The second-order valence-corrected chi connectivity index (χ2v) is 9.61. The minimum absolute atomic E-state index is 0.0398. The number of aryl methyl sites for hydroxylation is 1. The summed E-state index contributed by atoms with van der Waals surface area (Å²) in [6.45, 7) is 2.47. The first-order chi connectivity index (χ1) is 10.5. The van der Waals surface area contributed by atoms with Crippen LogP contribution in [-0.4, -0.2) is 26.0 Å². The fraction of sp³-hybridized carbons (Fsp3) is 0.500. The molecular formula is C14H19N3O2S3. The Hall–Kier alpha value is -0.800. The molecule has 0 spiro atoms. The first kappa shape index (κ1) is 16.1. The number of hydrogen-bond acceptors (Lipinski definition) is 6. The van der Waals surface area contributed by atoms with Gasteiger partial charge in [-0.15, -0.1) is 22.7 Å². The smallest absolute Gasteiger partial charge is 0.250 e. The van der Waals surface area contributed by atoms with Crippen LogP contribution < -0.4 is 10.5 Å². The maximum Gasteiger partial charge on any atom is 0.250 e. The quantitative estimate of drug-likeness (QED) is 0.861. The van der Waals surface area contributed by atoms with E-state index in [1.807, 2.05) is 18.4 Å². The van der Waals surface area contributed by atoms with Crippen LogP contribution in [0.25, 0.3) is 10.6 Å². The Bertz CT molecular complexity index is 751. The summed E-state index contributed by atoms with van der Waals surface area (Å²) in [7, 11) is -3.48. The molecule has 2 aromatic rings. The molecule has 5 nitrogen and oxygen atoms in total. The summed E-state index contributed by atoms with van der Waals surface area (Å²) in [6, 6.07) is 3.44. The fourth-order valence-electron chi connectivity index (χ4n) is 2.81. The van der Waals surface area contributed by atoms with Gasteiger partial charge in [0.05, 0.1) is 15.6 Å². The van der Waals surface area contributed by atoms with Crippen molar-refractivity contribution in [3.05, 3.63) is 22.5 Å². The van der Waals surface area contributed by atoms with E-state index < -0.39 is 10.0 Å². The van der Waals surface area contributed by atoms with Gasteiger partial charge in [0, 0.05) is 11.4 Å². The van der Waals surface area contributed by atoms with E-state index in [2.05, 4.69) is 9.71 Å². The largest absolute Gasteiger partial charge is 0.330 e. The lowest BCUT2D eigenvalue weighted by Gasteiger charge is -2.18. The molecule has 1 fully saturated rings. The van der Waals surface area contributed by atoms with Gasteiger partial charge >= 0.3 is 0 Å². The van der Waals surface area contributed by atoms with Gasteiger partial charge in [0.25, 0.3) is 0 Å². The maximum absolute atomic E-state index is 12.5. The number of nitrogens with two attached hydrogens (primary N) is 1. The highest BCUT2D eigenvalue weighted by Gasteiger charge is 2.31. The Balaban J connectivity index is 1.79. The zero-order valence-electron chi connectivity index (χ0n) is 12.3. The molecule has 0 radical (unpaired) electrons. The molecule has 2 aromatic heterocycles. The van der Waals surface area contributed by atoms with Gasteiger partial charge in [-0.2, -0.15) is 0 Å². The average molecular weight is 358 g/mol. The highest BCUT2D eigenvalue weighted by molar-refractivity contribution is 7.91. The average Bonchev–Trinajstić information content (AvgIpc) is 3.17. The Kier molecular flexibility index (Phi) is 4.65. The fourth-order valence-corrected chi connectivity index (χ4v) is 6.12. The van der Waals surface area contributed by atoms with Crippen LogP contribution >= 0.6 is 22.7 Å². The summed E-state index contributed by atoms with van der Waals surface area (Å²) in [5.74, 6) is 0.246. The van der Waals surface area contributed by atoms with Gasteiger partial charge < -0.3 is 5.73 Å². The third-order valence-corrected chi connectivity index (χ3v) is 7.85. The highest BCUT2D eigenvalue weighted by Crippen LogP contribution is 2.32. The number of sulfonamides is 1. The van der Waals surface area contributed by atoms with Crippen molar-refractivity contribution in [3.8, 4) is 10.6 Å². The predicted octanol–water partition coefficient (Wildman–Crippen LogP) is 2.59. The highest BCUT2D eigenvalue weighted by atomic mass is 32.2. The molecule has 1 aliphatic carbocycles. The number of aromatic nitrogens is 1. The number of thiophene rings is 1. The van der Waals surface area contributed by atoms with E-state index in [4.69, 9.17) is 5.73 Å². The summed E-state index contributed by atoms with van der Waals surface area (Å²) in [5, 5.41) is 2.93. The summed E-state index contributed by atoms with van der Waals surface area (Å²) < 4.78 is 28.3. The zero-order chi connectivity index (χ0) is 15.7.